The average molecular weight is 309 g/mol. The molecule has 114 valence electrons. The van der Waals surface area contributed by atoms with E-state index in [4.69, 9.17) is 4.74 Å². The number of hydrogen-bond acceptors (Lipinski definition) is 5. The van der Waals surface area contributed by atoms with Crippen LogP contribution in [0.15, 0.2) is 12.4 Å². The first-order valence-corrected chi connectivity index (χ1v) is 7.71. The molecule has 2 aromatic rings. The quantitative estimate of drug-likeness (QED) is 0.850. The first-order chi connectivity index (χ1) is 10.0. The Kier molecular flexibility index (Phi) is 4.95. The fraction of sp³-hybridized carbons (Fsp3) is 0.500. The Morgan fingerprint density at radius 3 is 2.90 bits per heavy atom. The van der Waals surface area contributed by atoms with Crippen molar-refractivity contribution in [2.75, 3.05) is 0 Å². The number of hydrogen-bond donors (Lipinski definition) is 1. The van der Waals surface area contributed by atoms with Gasteiger partial charge in [-0.05, 0) is 18.4 Å². The number of rotatable bonds is 7. The van der Waals surface area contributed by atoms with Gasteiger partial charge in [0.25, 0.3) is 0 Å². The number of thiophene rings is 1. The average Bonchev–Trinajstić information content (AvgIpc) is 3.03. The van der Waals surface area contributed by atoms with Gasteiger partial charge >= 0.3 is 5.97 Å². The van der Waals surface area contributed by atoms with Crippen LogP contribution in [0.3, 0.4) is 0 Å². The van der Waals surface area contributed by atoms with Gasteiger partial charge in [-0.3, -0.25) is 0 Å². The second-order valence-corrected chi connectivity index (χ2v) is 6.07. The maximum Gasteiger partial charge on any atom is 0.349 e. The van der Waals surface area contributed by atoms with E-state index in [1.807, 2.05) is 13.8 Å². The fourth-order valence-corrected chi connectivity index (χ4v) is 2.82. The Morgan fingerprint density at radius 1 is 1.52 bits per heavy atom. The van der Waals surface area contributed by atoms with E-state index in [0.717, 1.165) is 17.8 Å². The molecule has 2 rings (SSSR count). The van der Waals surface area contributed by atoms with Gasteiger partial charge in [-0.1, -0.05) is 20.8 Å². The van der Waals surface area contributed by atoms with Gasteiger partial charge in [0.05, 0.1) is 0 Å². The normalized spacial score (nSPS) is 11.0. The second kappa shape index (κ2) is 6.71. The van der Waals surface area contributed by atoms with Crippen LogP contribution >= 0.6 is 11.3 Å². The maximum atomic E-state index is 11.3. The molecule has 0 aliphatic heterocycles. The Morgan fingerprint density at radius 2 is 2.29 bits per heavy atom. The SMILES string of the molecule is CCCn1ncnc1COc1cc(C(C)C)sc1C(=O)O. The van der Waals surface area contributed by atoms with E-state index < -0.39 is 5.97 Å². The second-order valence-electron chi connectivity index (χ2n) is 4.99. The lowest BCUT2D eigenvalue weighted by Gasteiger charge is -2.06. The Bertz CT molecular complexity index is 619. The third-order valence-corrected chi connectivity index (χ3v) is 4.37. The standard InChI is InChI=1S/C14H19N3O3S/c1-4-5-17-12(15-8-16-17)7-20-10-6-11(9(2)3)21-13(10)14(18)19/h6,8-9H,4-5,7H2,1-3H3,(H,18,19). The topological polar surface area (TPSA) is 77.2 Å². The maximum absolute atomic E-state index is 11.3. The number of carboxylic acid groups (broad SMARTS) is 1. The van der Waals surface area contributed by atoms with Crippen LogP contribution in [0.1, 0.15) is 53.5 Å². The van der Waals surface area contributed by atoms with Crippen molar-refractivity contribution < 1.29 is 14.6 Å². The number of aromatic nitrogens is 3. The molecule has 0 amide bonds. The minimum Gasteiger partial charge on any atom is -0.484 e. The van der Waals surface area contributed by atoms with E-state index in [9.17, 15) is 9.90 Å². The Hall–Kier alpha value is -1.89. The molecule has 21 heavy (non-hydrogen) atoms. The van der Waals surface area contributed by atoms with E-state index in [-0.39, 0.29) is 17.4 Å². The van der Waals surface area contributed by atoms with Crippen molar-refractivity contribution in [1.82, 2.24) is 14.8 Å². The summed E-state index contributed by atoms with van der Waals surface area (Å²) in [7, 11) is 0. The predicted octanol–water partition coefficient (Wildman–Crippen LogP) is 3.15. The van der Waals surface area contributed by atoms with Gasteiger partial charge in [0, 0.05) is 11.4 Å². The van der Waals surface area contributed by atoms with Gasteiger partial charge in [-0.25, -0.2) is 14.5 Å². The van der Waals surface area contributed by atoms with Gasteiger partial charge in [0.2, 0.25) is 0 Å². The molecule has 2 heterocycles. The van der Waals surface area contributed by atoms with Gasteiger partial charge in [-0.15, -0.1) is 11.3 Å². The first-order valence-electron chi connectivity index (χ1n) is 6.89. The van der Waals surface area contributed by atoms with E-state index in [1.54, 1.807) is 10.7 Å². The molecular weight excluding hydrogens is 290 g/mol. The zero-order chi connectivity index (χ0) is 15.4. The number of nitrogens with zero attached hydrogens (tertiary/aromatic N) is 3. The highest BCUT2D eigenvalue weighted by atomic mass is 32.1. The number of ether oxygens (including phenoxy) is 1. The summed E-state index contributed by atoms with van der Waals surface area (Å²) in [6, 6.07) is 1.80. The summed E-state index contributed by atoms with van der Waals surface area (Å²) < 4.78 is 7.44. The summed E-state index contributed by atoms with van der Waals surface area (Å²) in [5.74, 6) is 0.416. The highest BCUT2D eigenvalue weighted by Crippen LogP contribution is 2.34. The van der Waals surface area contributed by atoms with E-state index >= 15 is 0 Å². The van der Waals surface area contributed by atoms with Crippen LogP contribution in [0.5, 0.6) is 5.75 Å². The van der Waals surface area contributed by atoms with Crippen LogP contribution in [0, 0.1) is 0 Å². The zero-order valence-corrected chi connectivity index (χ0v) is 13.2. The smallest absolute Gasteiger partial charge is 0.349 e. The van der Waals surface area contributed by atoms with Crippen molar-refractivity contribution in [3.63, 3.8) is 0 Å². The van der Waals surface area contributed by atoms with Crippen molar-refractivity contribution in [3.05, 3.63) is 28.0 Å². The molecule has 0 aromatic carbocycles. The molecular formula is C14H19N3O3S. The number of aromatic carboxylic acids is 1. The summed E-state index contributed by atoms with van der Waals surface area (Å²) >= 11 is 1.26. The predicted molar refractivity (Wildman–Crippen MR) is 80.0 cm³/mol. The summed E-state index contributed by atoms with van der Waals surface area (Å²) in [6.07, 6.45) is 2.44. The third-order valence-electron chi connectivity index (χ3n) is 2.97. The summed E-state index contributed by atoms with van der Waals surface area (Å²) in [6.45, 7) is 7.10. The highest BCUT2D eigenvalue weighted by Gasteiger charge is 2.19. The van der Waals surface area contributed by atoms with Crippen molar-refractivity contribution in [3.8, 4) is 5.75 Å². The van der Waals surface area contributed by atoms with Gasteiger partial charge in [0.15, 0.2) is 10.7 Å². The molecule has 0 saturated heterocycles. The molecule has 0 bridgehead atoms. The van der Waals surface area contributed by atoms with Gasteiger partial charge in [-0.2, -0.15) is 5.10 Å². The van der Waals surface area contributed by atoms with Crippen LogP contribution in [-0.4, -0.2) is 25.8 Å². The van der Waals surface area contributed by atoms with Crippen molar-refractivity contribution in [2.24, 2.45) is 0 Å². The molecule has 1 N–H and O–H groups in total. The lowest BCUT2D eigenvalue weighted by atomic mass is 10.2. The van der Waals surface area contributed by atoms with Crippen LogP contribution < -0.4 is 4.74 Å². The molecule has 2 aromatic heterocycles. The molecule has 0 radical (unpaired) electrons. The molecule has 6 nitrogen and oxygen atoms in total. The van der Waals surface area contributed by atoms with Crippen molar-refractivity contribution in [2.45, 2.75) is 46.3 Å². The minimum atomic E-state index is -0.961. The Labute approximate surface area is 127 Å². The van der Waals surface area contributed by atoms with E-state index in [0.29, 0.717) is 11.6 Å². The lowest BCUT2D eigenvalue weighted by Crippen LogP contribution is -2.09. The zero-order valence-electron chi connectivity index (χ0n) is 12.4. The first kappa shape index (κ1) is 15.5. The van der Waals surface area contributed by atoms with Crippen molar-refractivity contribution >= 4 is 17.3 Å². The van der Waals surface area contributed by atoms with Gasteiger partial charge in [0.1, 0.15) is 18.7 Å². The molecule has 0 unspecified atom stereocenters. The number of carbonyl (C=O) groups is 1. The number of aryl methyl sites for hydroxylation is 1. The van der Waals surface area contributed by atoms with Crippen LogP contribution in [0.4, 0.5) is 0 Å². The molecule has 0 saturated carbocycles. The highest BCUT2D eigenvalue weighted by molar-refractivity contribution is 7.14. The van der Waals surface area contributed by atoms with E-state index in [2.05, 4.69) is 17.0 Å². The largest absolute Gasteiger partial charge is 0.484 e. The summed E-state index contributed by atoms with van der Waals surface area (Å²) in [5, 5.41) is 13.4. The lowest BCUT2D eigenvalue weighted by molar-refractivity contribution is 0.0697. The fourth-order valence-electron chi connectivity index (χ4n) is 1.87. The molecule has 0 aliphatic rings. The van der Waals surface area contributed by atoms with Gasteiger partial charge < -0.3 is 9.84 Å². The van der Waals surface area contributed by atoms with Crippen LogP contribution in [0.2, 0.25) is 0 Å². The van der Waals surface area contributed by atoms with E-state index in [1.165, 1.54) is 17.7 Å². The van der Waals surface area contributed by atoms with Crippen molar-refractivity contribution in [1.29, 1.82) is 0 Å². The molecule has 0 atom stereocenters. The molecule has 0 aliphatic carbocycles. The minimum absolute atomic E-state index is 0.217. The molecule has 0 fully saturated rings. The van der Waals surface area contributed by atoms with Crippen LogP contribution in [-0.2, 0) is 13.2 Å². The summed E-state index contributed by atoms with van der Waals surface area (Å²) in [4.78, 5) is 16.7. The monoisotopic (exact) mass is 309 g/mol. The summed E-state index contributed by atoms with van der Waals surface area (Å²) in [5.41, 5.74) is 0. The number of carboxylic acids is 1. The molecule has 0 spiro atoms. The molecule has 7 heteroatoms. The third kappa shape index (κ3) is 3.60. The Balaban J connectivity index is 2.15. The van der Waals surface area contributed by atoms with Crippen LogP contribution in [0.25, 0.3) is 0 Å².